The zero-order chi connectivity index (χ0) is 15.8. The number of hydrogen-bond acceptors (Lipinski definition) is 4. The minimum absolute atomic E-state index is 0.205. The average Bonchev–Trinajstić information content (AvgIpc) is 3.29. The Morgan fingerprint density at radius 2 is 2.04 bits per heavy atom. The molecule has 1 unspecified atom stereocenters. The van der Waals surface area contributed by atoms with Gasteiger partial charge in [0.05, 0.1) is 0 Å². The van der Waals surface area contributed by atoms with E-state index in [1.165, 1.54) is 0 Å². The van der Waals surface area contributed by atoms with Gasteiger partial charge in [0, 0.05) is 30.5 Å². The highest BCUT2D eigenvalue weighted by Gasteiger charge is 2.32. The third kappa shape index (κ3) is 3.13. The van der Waals surface area contributed by atoms with Crippen LogP contribution in [0.2, 0.25) is 0 Å². The number of nitrogens with zero attached hydrogens (tertiary/aromatic N) is 3. The van der Waals surface area contributed by atoms with Crippen molar-refractivity contribution in [2.75, 3.05) is 13.1 Å². The molecule has 4 rings (SSSR count). The van der Waals surface area contributed by atoms with Crippen LogP contribution in [0.3, 0.4) is 0 Å². The molecule has 2 fully saturated rings. The Hall–Kier alpha value is -1.82. The Morgan fingerprint density at radius 3 is 2.87 bits per heavy atom. The molecule has 4 nitrogen and oxygen atoms in total. The van der Waals surface area contributed by atoms with Crippen molar-refractivity contribution in [3.05, 3.63) is 47.1 Å². The lowest BCUT2D eigenvalue weighted by Gasteiger charge is -2.31. The summed E-state index contributed by atoms with van der Waals surface area (Å²) in [4.78, 5) is 6.67. The molecule has 1 saturated carbocycles. The van der Waals surface area contributed by atoms with E-state index in [0.29, 0.717) is 18.0 Å². The molecule has 2 aliphatic rings. The van der Waals surface area contributed by atoms with Gasteiger partial charge in [-0.1, -0.05) is 17.3 Å². The zero-order valence-corrected chi connectivity index (χ0v) is 12.8. The van der Waals surface area contributed by atoms with Gasteiger partial charge in [-0.3, -0.25) is 4.90 Å². The van der Waals surface area contributed by atoms with Gasteiger partial charge in [0.25, 0.3) is 0 Å². The molecule has 0 radical (unpaired) electrons. The summed E-state index contributed by atoms with van der Waals surface area (Å²) in [5.74, 6) is 0.645. The Balaban J connectivity index is 1.44. The summed E-state index contributed by atoms with van der Waals surface area (Å²) in [6.45, 7) is 2.03. The van der Waals surface area contributed by atoms with Crippen LogP contribution in [0.1, 0.15) is 54.8 Å². The Kier molecular flexibility index (Phi) is 3.85. The summed E-state index contributed by atoms with van der Waals surface area (Å²) in [6.07, 6.45) is 4.27. The number of halogens is 2. The van der Waals surface area contributed by atoms with Gasteiger partial charge in [-0.15, -0.1) is 0 Å². The first-order chi connectivity index (χ1) is 11.2. The molecule has 0 spiro atoms. The second-order valence-corrected chi connectivity index (χ2v) is 6.55. The molecule has 23 heavy (non-hydrogen) atoms. The molecule has 0 N–H and O–H groups in total. The lowest BCUT2D eigenvalue weighted by atomic mass is 9.97. The molecule has 6 heteroatoms. The van der Waals surface area contributed by atoms with Gasteiger partial charge in [0.1, 0.15) is 0 Å². The summed E-state index contributed by atoms with van der Waals surface area (Å²) in [5, 5.41) is 4.13. The fourth-order valence-corrected chi connectivity index (χ4v) is 3.23. The summed E-state index contributed by atoms with van der Waals surface area (Å²) < 4.78 is 32.5. The van der Waals surface area contributed by atoms with E-state index in [1.807, 2.05) is 0 Å². The van der Waals surface area contributed by atoms with Gasteiger partial charge in [-0.05, 0) is 38.3 Å². The van der Waals surface area contributed by atoms with E-state index >= 15 is 0 Å². The van der Waals surface area contributed by atoms with E-state index in [9.17, 15) is 8.78 Å². The number of benzene rings is 1. The summed E-state index contributed by atoms with van der Waals surface area (Å²) in [7, 11) is 0. The largest absolute Gasteiger partial charge is 0.339 e. The number of hydrogen-bond donors (Lipinski definition) is 0. The zero-order valence-electron chi connectivity index (χ0n) is 12.8. The molecule has 1 atom stereocenters. The number of rotatable bonds is 4. The van der Waals surface area contributed by atoms with Crippen LogP contribution in [0.25, 0.3) is 0 Å². The van der Waals surface area contributed by atoms with Gasteiger partial charge in [0.2, 0.25) is 5.89 Å². The van der Waals surface area contributed by atoms with Crippen molar-refractivity contribution in [3.63, 3.8) is 0 Å². The first kappa shape index (κ1) is 14.8. The van der Waals surface area contributed by atoms with Crippen molar-refractivity contribution >= 4 is 0 Å². The molecule has 1 aromatic heterocycles. The van der Waals surface area contributed by atoms with Crippen molar-refractivity contribution in [2.24, 2.45) is 0 Å². The molecule has 2 heterocycles. The maximum Gasteiger partial charge on any atom is 0.229 e. The Labute approximate surface area is 133 Å². The fraction of sp³-hybridized carbons (Fsp3) is 0.529. The second-order valence-electron chi connectivity index (χ2n) is 6.55. The predicted octanol–water partition coefficient (Wildman–Crippen LogP) is 3.60. The number of likely N-dealkylation sites (tertiary alicyclic amines) is 1. The second kappa shape index (κ2) is 6.00. The first-order valence-electron chi connectivity index (χ1n) is 8.19. The minimum atomic E-state index is -0.789. The normalized spacial score (nSPS) is 22.4. The highest BCUT2D eigenvalue weighted by atomic mass is 19.2. The van der Waals surface area contributed by atoms with Gasteiger partial charge in [0.15, 0.2) is 17.5 Å². The van der Waals surface area contributed by atoms with E-state index in [1.54, 1.807) is 12.1 Å². The third-order valence-electron chi connectivity index (χ3n) is 4.68. The Morgan fingerprint density at radius 1 is 1.17 bits per heavy atom. The van der Waals surface area contributed by atoms with Gasteiger partial charge in [-0.25, -0.2) is 8.78 Å². The molecular formula is C17H19F2N3O. The molecule has 1 aliphatic carbocycles. The lowest BCUT2D eigenvalue weighted by Crippen LogP contribution is -2.34. The van der Waals surface area contributed by atoms with Crippen molar-refractivity contribution < 1.29 is 13.3 Å². The molecule has 0 bridgehead atoms. The van der Waals surface area contributed by atoms with Gasteiger partial charge >= 0.3 is 0 Å². The van der Waals surface area contributed by atoms with E-state index in [2.05, 4.69) is 15.0 Å². The standard InChI is InChI=1S/C17H19F2N3O/c18-14-5-1-3-12(15(14)19)9-22-8-2-4-13(10-22)16-20-17(23-21-16)11-6-7-11/h1,3,5,11,13H,2,4,6-10H2. The van der Waals surface area contributed by atoms with Crippen LogP contribution < -0.4 is 0 Å². The lowest BCUT2D eigenvalue weighted by molar-refractivity contribution is 0.192. The maximum absolute atomic E-state index is 13.8. The van der Waals surface area contributed by atoms with Crippen LogP contribution in [0, 0.1) is 11.6 Å². The molecule has 0 amide bonds. The van der Waals surface area contributed by atoms with Crippen LogP contribution in [0.5, 0.6) is 0 Å². The molecule has 2 aromatic rings. The minimum Gasteiger partial charge on any atom is -0.339 e. The number of aromatic nitrogens is 2. The molecule has 1 aliphatic heterocycles. The summed E-state index contributed by atoms with van der Waals surface area (Å²) in [6, 6.07) is 4.34. The monoisotopic (exact) mass is 319 g/mol. The van der Waals surface area contributed by atoms with E-state index in [-0.39, 0.29) is 5.92 Å². The van der Waals surface area contributed by atoms with Crippen molar-refractivity contribution in [1.82, 2.24) is 15.0 Å². The SMILES string of the molecule is Fc1cccc(CN2CCCC(c3noc(C4CC4)n3)C2)c1F. The smallest absolute Gasteiger partial charge is 0.229 e. The van der Waals surface area contributed by atoms with Crippen LogP contribution in [0.4, 0.5) is 8.78 Å². The molecule has 1 saturated heterocycles. The van der Waals surface area contributed by atoms with Crippen LogP contribution in [-0.4, -0.2) is 28.1 Å². The predicted molar refractivity (Wildman–Crippen MR) is 79.9 cm³/mol. The van der Waals surface area contributed by atoms with Crippen LogP contribution in [0.15, 0.2) is 22.7 Å². The highest BCUT2D eigenvalue weighted by Crippen LogP contribution is 2.39. The summed E-state index contributed by atoms with van der Waals surface area (Å²) >= 11 is 0. The van der Waals surface area contributed by atoms with Crippen molar-refractivity contribution in [3.8, 4) is 0 Å². The van der Waals surface area contributed by atoms with E-state index in [4.69, 9.17) is 4.52 Å². The third-order valence-corrected chi connectivity index (χ3v) is 4.68. The highest BCUT2D eigenvalue weighted by molar-refractivity contribution is 5.19. The fourth-order valence-electron chi connectivity index (χ4n) is 3.23. The van der Waals surface area contributed by atoms with Crippen molar-refractivity contribution in [1.29, 1.82) is 0 Å². The maximum atomic E-state index is 13.8. The molecular weight excluding hydrogens is 300 g/mol. The van der Waals surface area contributed by atoms with E-state index in [0.717, 1.165) is 56.6 Å². The van der Waals surface area contributed by atoms with Gasteiger partial charge < -0.3 is 4.52 Å². The first-order valence-corrected chi connectivity index (χ1v) is 8.19. The Bertz CT molecular complexity index is 699. The quantitative estimate of drug-likeness (QED) is 0.863. The van der Waals surface area contributed by atoms with E-state index < -0.39 is 11.6 Å². The molecule has 122 valence electrons. The summed E-state index contributed by atoms with van der Waals surface area (Å²) in [5.41, 5.74) is 0.400. The van der Waals surface area contributed by atoms with Gasteiger partial charge in [-0.2, -0.15) is 4.98 Å². The van der Waals surface area contributed by atoms with Crippen molar-refractivity contribution in [2.45, 2.75) is 44.1 Å². The topological polar surface area (TPSA) is 42.2 Å². The van der Waals surface area contributed by atoms with Crippen LogP contribution in [-0.2, 0) is 6.54 Å². The number of piperidine rings is 1. The average molecular weight is 319 g/mol. The molecule has 1 aromatic carbocycles. The van der Waals surface area contributed by atoms with Crippen LogP contribution >= 0.6 is 0 Å².